The first kappa shape index (κ1) is 29.1. The number of rotatable bonds is 14. The fraction of sp³-hybridized carbons (Fsp3) is 0.462. The van der Waals surface area contributed by atoms with Crippen LogP contribution in [0.5, 0.6) is 11.5 Å². The van der Waals surface area contributed by atoms with Crippen molar-refractivity contribution in [2.75, 3.05) is 32.2 Å². The average molecular weight is 527 g/mol. The number of aliphatic hydroxyl groups is 2. The molecule has 0 bridgehead atoms. The van der Waals surface area contributed by atoms with Crippen LogP contribution in [0.2, 0.25) is 5.02 Å². The number of allylic oxidation sites excluding steroid dienone is 1. The Bertz CT molecular complexity index is 968. The molecule has 0 spiro atoms. The maximum Gasteiger partial charge on any atom is 0.137 e. The molecule has 194 valence electrons. The smallest absolute Gasteiger partial charge is 0.137 e. The Kier molecular flexibility index (Phi) is 11.5. The molecule has 0 fully saturated rings. The Hall–Kier alpha value is -2.16. The van der Waals surface area contributed by atoms with Crippen molar-refractivity contribution in [1.29, 1.82) is 0 Å². The fourth-order valence-corrected chi connectivity index (χ4v) is 3.89. The average Bonchev–Trinajstić information content (AvgIpc) is 2.84. The van der Waals surface area contributed by atoms with Crippen molar-refractivity contribution < 1.29 is 19.7 Å². The summed E-state index contributed by atoms with van der Waals surface area (Å²) < 4.78 is 11.4. The van der Waals surface area contributed by atoms with E-state index in [2.05, 4.69) is 13.8 Å². The molecule has 2 rings (SSSR count). The molecule has 6 N–H and O–H groups in total. The summed E-state index contributed by atoms with van der Waals surface area (Å²) in [4.78, 5) is 0. The number of ether oxygens (including phenoxy) is 2. The molecule has 0 saturated carbocycles. The Balaban J connectivity index is 2.00. The number of halogens is 2. The summed E-state index contributed by atoms with van der Waals surface area (Å²) in [6.07, 6.45) is 0.446. The number of nitrogens with zero attached hydrogens (tertiary/aromatic N) is 1. The van der Waals surface area contributed by atoms with E-state index in [1.807, 2.05) is 49.4 Å². The maximum atomic E-state index is 10.3. The third-order valence-electron chi connectivity index (χ3n) is 5.86. The van der Waals surface area contributed by atoms with Crippen LogP contribution in [0.25, 0.3) is 0 Å². The molecule has 1 unspecified atom stereocenters. The van der Waals surface area contributed by atoms with E-state index >= 15 is 0 Å². The highest BCUT2D eigenvalue weighted by molar-refractivity contribution is 6.32. The molecule has 1 atom stereocenters. The Morgan fingerprint density at radius 3 is 2.34 bits per heavy atom. The zero-order valence-electron chi connectivity index (χ0n) is 20.6. The van der Waals surface area contributed by atoms with Gasteiger partial charge in [0.15, 0.2) is 0 Å². The minimum absolute atomic E-state index is 0.0436. The van der Waals surface area contributed by atoms with Gasteiger partial charge in [-0.3, -0.25) is 0 Å². The lowest BCUT2D eigenvalue weighted by Gasteiger charge is -2.27. The molecular weight excluding hydrogens is 489 g/mol. The second-order valence-electron chi connectivity index (χ2n) is 8.79. The normalized spacial score (nSPS) is 13.3. The second-order valence-corrected chi connectivity index (χ2v) is 9.57. The monoisotopic (exact) mass is 525 g/mol. The summed E-state index contributed by atoms with van der Waals surface area (Å²) in [6, 6.07) is 13.5. The molecule has 2 aromatic carbocycles. The SMILES string of the molecule is CC/C(N)=C(\CO)N(N)CC(O)COc1ccc(C(C)(C)c2ccc(OCCCCl)c(Cl)c2)cc1. The molecule has 0 aliphatic rings. The number of aliphatic hydroxyl groups excluding tert-OH is 2. The van der Waals surface area contributed by atoms with Crippen LogP contribution in [-0.4, -0.2) is 53.6 Å². The van der Waals surface area contributed by atoms with Crippen LogP contribution in [0.15, 0.2) is 53.9 Å². The van der Waals surface area contributed by atoms with Crippen molar-refractivity contribution >= 4 is 23.2 Å². The van der Waals surface area contributed by atoms with E-state index in [9.17, 15) is 10.2 Å². The van der Waals surface area contributed by atoms with Crippen LogP contribution in [0.4, 0.5) is 0 Å². The number of hydrogen-bond acceptors (Lipinski definition) is 7. The summed E-state index contributed by atoms with van der Waals surface area (Å²) in [7, 11) is 0. The molecule has 0 amide bonds. The topological polar surface area (TPSA) is 114 Å². The number of hydrazine groups is 1. The molecule has 2 aromatic rings. The zero-order chi connectivity index (χ0) is 26.0. The largest absolute Gasteiger partial charge is 0.492 e. The second kappa shape index (κ2) is 13.8. The number of nitrogens with two attached hydrogens (primary N) is 2. The Morgan fingerprint density at radius 2 is 1.77 bits per heavy atom. The minimum Gasteiger partial charge on any atom is -0.492 e. The third kappa shape index (κ3) is 8.19. The first-order chi connectivity index (χ1) is 16.6. The molecule has 9 heteroatoms. The summed E-state index contributed by atoms with van der Waals surface area (Å²) in [5.74, 6) is 7.76. The van der Waals surface area contributed by atoms with E-state index in [-0.39, 0.29) is 25.2 Å². The van der Waals surface area contributed by atoms with Crippen molar-refractivity contribution in [1.82, 2.24) is 5.01 Å². The standard InChI is InChI=1S/C26H37Cl2N3O4/c1-4-23(29)24(16-32)31(30)15-20(33)17-35-21-9-6-18(7-10-21)26(2,3)19-8-11-25(22(28)14-19)34-13-5-12-27/h6-11,14,20,32-33H,4-5,12-13,15-17,29-30H2,1-3H3/b24-23-. The van der Waals surface area contributed by atoms with E-state index in [4.69, 9.17) is 44.3 Å². The van der Waals surface area contributed by atoms with Gasteiger partial charge < -0.3 is 30.4 Å². The van der Waals surface area contributed by atoms with Gasteiger partial charge >= 0.3 is 0 Å². The van der Waals surface area contributed by atoms with E-state index in [1.54, 1.807) is 0 Å². The molecule has 0 radical (unpaired) electrons. The van der Waals surface area contributed by atoms with Crippen LogP contribution in [0.3, 0.4) is 0 Å². The molecule has 0 aromatic heterocycles. The van der Waals surface area contributed by atoms with Gasteiger partial charge in [0.25, 0.3) is 0 Å². The van der Waals surface area contributed by atoms with Crippen molar-refractivity contribution in [2.45, 2.75) is 45.1 Å². The molecule has 0 heterocycles. The molecular formula is C26H37Cl2N3O4. The molecule has 0 aliphatic carbocycles. The first-order valence-corrected chi connectivity index (χ1v) is 12.6. The highest BCUT2D eigenvalue weighted by atomic mass is 35.5. The summed E-state index contributed by atoms with van der Waals surface area (Å²) in [6.45, 7) is 6.46. The molecule has 35 heavy (non-hydrogen) atoms. The molecule has 7 nitrogen and oxygen atoms in total. The summed E-state index contributed by atoms with van der Waals surface area (Å²) in [5.41, 5.74) is 8.58. The van der Waals surface area contributed by atoms with Gasteiger partial charge in [-0.25, -0.2) is 5.84 Å². The lowest BCUT2D eigenvalue weighted by Crippen LogP contribution is -2.41. The van der Waals surface area contributed by atoms with Gasteiger partial charge in [-0.05, 0) is 48.2 Å². The van der Waals surface area contributed by atoms with Gasteiger partial charge in [-0.1, -0.05) is 50.6 Å². The number of hydrogen-bond donors (Lipinski definition) is 4. The van der Waals surface area contributed by atoms with Gasteiger partial charge in [-0.15, -0.1) is 11.6 Å². The molecule has 0 saturated heterocycles. The van der Waals surface area contributed by atoms with Crippen LogP contribution < -0.4 is 21.1 Å². The van der Waals surface area contributed by atoms with Gasteiger partial charge in [-0.2, -0.15) is 0 Å². The zero-order valence-corrected chi connectivity index (χ0v) is 22.1. The van der Waals surface area contributed by atoms with E-state index in [0.29, 0.717) is 46.8 Å². The minimum atomic E-state index is -0.866. The summed E-state index contributed by atoms with van der Waals surface area (Å²) in [5, 5.41) is 21.6. The van der Waals surface area contributed by atoms with Crippen LogP contribution >= 0.6 is 23.2 Å². The predicted octanol–water partition coefficient (Wildman–Crippen LogP) is 4.16. The van der Waals surface area contributed by atoms with Crippen molar-refractivity contribution in [3.8, 4) is 11.5 Å². The highest BCUT2D eigenvalue weighted by Gasteiger charge is 2.24. The van der Waals surface area contributed by atoms with Gasteiger partial charge in [0, 0.05) is 17.0 Å². The van der Waals surface area contributed by atoms with Crippen LogP contribution in [0.1, 0.15) is 44.7 Å². The third-order valence-corrected chi connectivity index (χ3v) is 6.43. The van der Waals surface area contributed by atoms with Gasteiger partial charge in [0.1, 0.15) is 24.2 Å². The molecule has 0 aliphatic heterocycles. The predicted molar refractivity (Wildman–Crippen MR) is 142 cm³/mol. The van der Waals surface area contributed by atoms with Crippen LogP contribution in [0, 0.1) is 0 Å². The van der Waals surface area contributed by atoms with Crippen molar-refractivity contribution in [3.05, 3.63) is 70.0 Å². The van der Waals surface area contributed by atoms with Gasteiger partial charge in [0.05, 0.1) is 30.5 Å². The van der Waals surface area contributed by atoms with E-state index < -0.39 is 6.10 Å². The summed E-state index contributed by atoms with van der Waals surface area (Å²) >= 11 is 12.2. The lowest BCUT2D eigenvalue weighted by molar-refractivity contribution is 0.0740. The quantitative estimate of drug-likeness (QED) is 0.127. The Labute approximate surface area is 218 Å². The van der Waals surface area contributed by atoms with E-state index in [1.165, 1.54) is 5.01 Å². The maximum absolute atomic E-state index is 10.3. The van der Waals surface area contributed by atoms with Crippen LogP contribution in [-0.2, 0) is 5.41 Å². The van der Waals surface area contributed by atoms with E-state index in [0.717, 1.165) is 17.5 Å². The number of benzene rings is 2. The van der Waals surface area contributed by atoms with Gasteiger partial charge in [0.2, 0.25) is 0 Å². The van der Waals surface area contributed by atoms with Crippen molar-refractivity contribution in [2.24, 2.45) is 11.6 Å². The highest BCUT2D eigenvalue weighted by Crippen LogP contribution is 2.36. The van der Waals surface area contributed by atoms with Crippen molar-refractivity contribution in [3.63, 3.8) is 0 Å². The lowest BCUT2D eigenvalue weighted by atomic mass is 9.78. The Morgan fingerprint density at radius 1 is 1.11 bits per heavy atom. The number of alkyl halides is 1. The first-order valence-electron chi connectivity index (χ1n) is 11.6. The fourth-order valence-electron chi connectivity index (χ4n) is 3.54.